The van der Waals surface area contributed by atoms with Crippen LogP contribution in [0.2, 0.25) is 0 Å². The molecule has 0 bridgehead atoms. The predicted molar refractivity (Wildman–Crippen MR) is 49.8 cm³/mol. The number of nitrogens with zero attached hydrogens (tertiary/aromatic N) is 1. The van der Waals surface area contributed by atoms with Crippen molar-refractivity contribution in [3.05, 3.63) is 35.1 Å². The third-order valence-corrected chi connectivity index (χ3v) is 2.28. The van der Waals surface area contributed by atoms with Gasteiger partial charge < -0.3 is 0 Å². The SMILES string of the molecule is CC[C@@H](C)c1c(F)cccc1C#N. The first-order chi connectivity index (χ1) is 6.20. The topological polar surface area (TPSA) is 23.8 Å². The molecule has 0 aliphatic heterocycles. The summed E-state index contributed by atoms with van der Waals surface area (Å²) in [5.41, 5.74) is 1.00. The van der Waals surface area contributed by atoms with E-state index in [0.29, 0.717) is 11.1 Å². The minimum atomic E-state index is -0.270. The fraction of sp³-hybridized carbons (Fsp3) is 0.364. The second-order valence-electron chi connectivity index (χ2n) is 3.12. The van der Waals surface area contributed by atoms with Gasteiger partial charge in [0.05, 0.1) is 11.6 Å². The van der Waals surface area contributed by atoms with E-state index in [0.717, 1.165) is 6.42 Å². The van der Waals surface area contributed by atoms with E-state index in [4.69, 9.17) is 5.26 Å². The summed E-state index contributed by atoms with van der Waals surface area (Å²) in [6.07, 6.45) is 0.843. The molecular formula is C11H12FN. The first kappa shape index (κ1) is 9.73. The zero-order valence-corrected chi connectivity index (χ0v) is 7.84. The molecule has 2 heteroatoms. The number of hydrogen-bond donors (Lipinski definition) is 0. The first-order valence-electron chi connectivity index (χ1n) is 4.39. The number of nitriles is 1. The summed E-state index contributed by atoms with van der Waals surface area (Å²) in [5.74, 6) is -0.163. The molecule has 1 aromatic rings. The Kier molecular flexibility index (Phi) is 3.02. The third kappa shape index (κ3) is 1.86. The highest BCUT2D eigenvalue weighted by Crippen LogP contribution is 2.24. The molecule has 1 nitrogen and oxygen atoms in total. The van der Waals surface area contributed by atoms with Crippen LogP contribution in [-0.2, 0) is 0 Å². The van der Waals surface area contributed by atoms with Crippen molar-refractivity contribution < 1.29 is 4.39 Å². The van der Waals surface area contributed by atoms with Gasteiger partial charge in [0, 0.05) is 5.56 Å². The van der Waals surface area contributed by atoms with E-state index in [2.05, 4.69) is 0 Å². The Morgan fingerprint density at radius 2 is 2.23 bits per heavy atom. The van der Waals surface area contributed by atoms with E-state index in [1.807, 2.05) is 19.9 Å². The van der Waals surface area contributed by atoms with Gasteiger partial charge in [-0.15, -0.1) is 0 Å². The Morgan fingerprint density at radius 3 is 2.77 bits per heavy atom. The summed E-state index contributed by atoms with van der Waals surface area (Å²) in [6, 6.07) is 6.64. The quantitative estimate of drug-likeness (QED) is 0.680. The minimum absolute atomic E-state index is 0.107. The van der Waals surface area contributed by atoms with Crippen LogP contribution < -0.4 is 0 Å². The standard InChI is InChI=1S/C11H12FN/c1-3-8(2)11-9(7-13)5-4-6-10(11)12/h4-6,8H,3H2,1-2H3/t8-/m1/s1. The maximum atomic E-state index is 13.3. The molecule has 0 amide bonds. The van der Waals surface area contributed by atoms with Crippen molar-refractivity contribution in [3.63, 3.8) is 0 Å². The fourth-order valence-corrected chi connectivity index (χ4v) is 1.34. The monoisotopic (exact) mass is 177 g/mol. The lowest BCUT2D eigenvalue weighted by Crippen LogP contribution is -1.99. The van der Waals surface area contributed by atoms with Crippen molar-refractivity contribution >= 4 is 0 Å². The zero-order valence-electron chi connectivity index (χ0n) is 7.84. The molecule has 0 radical (unpaired) electrons. The van der Waals surface area contributed by atoms with Crippen LogP contribution in [0.1, 0.15) is 37.3 Å². The lowest BCUT2D eigenvalue weighted by molar-refractivity contribution is 0.582. The van der Waals surface area contributed by atoms with Gasteiger partial charge in [0.2, 0.25) is 0 Å². The molecule has 0 spiro atoms. The molecule has 0 saturated heterocycles. The van der Waals surface area contributed by atoms with Crippen molar-refractivity contribution in [1.82, 2.24) is 0 Å². The summed E-state index contributed by atoms with van der Waals surface area (Å²) in [5, 5.41) is 8.77. The van der Waals surface area contributed by atoms with Crippen LogP contribution >= 0.6 is 0 Å². The lowest BCUT2D eigenvalue weighted by Gasteiger charge is -2.11. The molecule has 0 fully saturated rings. The van der Waals surface area contributed by atoms with Crippen LogP contribution in [0.15, 0.2) is 18.2 Å². The van der Waals surface area contributed by atoms with E-state index in [1.54, 1.807) is 12.1 Å². The Bertz CT molecular complexity index is 338. The summed E-state index contributed by atoms with van der Waals surface area (Å²) in [4.78, 5) is 0. The highest BCUT2D eigenvalue weighted by molar-refractivity contribution is 5.40. The summed E-state index contributed by atoms with van der Waals surface area (Å²) in [6.45, 7) is 3.91. The van der Waals surface area contributed by atoms with Gasteiger partial charge in [-0.3, -0.25) is 0 Å². The molecule has 0 unspecified atom stereocenters. The van der Waals surface area contributed by atoms with Gasteiger partial charge in [-0.05, 0) is 24.5 Å². The normalized spacial score (nSPS) is 12.2. The fourth-order valence-electron chi connectivity index (χ4n) is 1.34. The van der Waals surface area contributed by atoms with Crippen molar-refractivity contribution in [3.8, 4) is 6.07 Å². The number of halogens is 1. The van der Waals surface area contributed by atoms with Gasteiger partial charge in [0.25, 0.3) is 0 Å². The van der Waals surface area contributed by atoms with Crippen molar-refractivity contribution in [1.29, 1.82) is 5.26 Å². The van der Waals surface area contributed by atoms with E-state index in [1.165, 1.54) is 6.07 Å². The molecule has 1 aromatic carbocycles. The molecule has 1 rings (SSSR count). The summed E-state index contributed by atoms with van der Waals surface area (Å²) >= 11 is 0. The lowest BCUT2D eigenvalue weighted by atomic mass is 9.94. The maximum absolute atomic E-state index is 13.3. The van der Waals surface area contributed by atoms with Crippen LogP contribution in [0.4, 0.5) is 4.39 Å². The van der Waals surface area contributed by atoms with Gasteiger partial charge in [-0.2, -0.15) is 5.26 Å². The second kappa shape index (κ2) is 4.04. The summed E-state index contributed by atoms with van der Waals surface area (Å²) in [7, 11) is 0. The Morgan fingerprint density at radius 1 is 1.54 bits per heavy atom. The zero-order chi connectivity index (χ0) is 9.84. The van der Waals surface area contributed by atoms with Gasteiger partial charge in [0.1, 0.15) is 5.82 Å². The average molecular weight is 177 g/mol. The second-order valence-corrected chi connectivity index (χ2v) is 3.12. The van der Waals surface area contributed by atoms with Crippen LogP contribution in [-0.4, -0.2) is 0 Å². The van der Waals surface area contributed by atoms with Crippen LogP contribution in [0.5, 0.6) is 0 Å². The molecule has 0 aliphatic carbocycles. The third-order valence-electron chi connectivity index (χ3n) is 2.28. The van der Waals surface area contributed by atoms with E-state index >= 15 is 0 Å². The first-order valence-corrected chi connectivity index (χ1v) is 4.39. The molecular weight excluding hydrogens is 165 g/mol. The smallest absolute Gasteiger partial charge is 0.127 e. The van der Waals surface area contributed by atoms with Crippen LogP contribution in [0, 0.1) is 17.1 Å². The molecule has 13 heavy (non-hydrogen) atoms. The highest BCUT2D eigenvalue weighted by atomic mass is 19.1. The number of rotatable bonds is 2. The van der Waals surface area contributed by atoms with Crippen molar-refractivity contribution in [2.45, 2.75) is 26.2 Å². The number of hydrogen-bond acceptors (Lipinski definition) is 1. The van der Waals surface area contributed by atoms with E-state index < -0.39 is 0 Å². The van der Waals surface area contributed by atoms with Crippen molar-refractivity contribution in [2.75, 3.05) is 0 Å². The predicted octanol–water partition coefficient (Wildman–Crippen LogP) is 3.21. The highest BCUT2D eigenvalue weighted by Gasteiger charge is 2.13. The van der Waals surface area contributed by atoms with Gasteiger partial charge in [-0.25, -0.2) is 4.39 Å². The molecule has 0 N–H and O–H groups in total. The Hall–Kier alpha value is -1.36. The largest absolute Gasteiger partial charge is 0.207 e. The van der Waals surface area contributed by atoms with Gasteiger partial charge in [-0.1, -0.05) is 19.9 Å². The molecule has 68 valence electrons. The average Bonchev–Trinajstić information content (AvgIpc) is 2.16. The Labute approximate surface area is 77.8 Å². The van der Waals surface area contributed by atoms with Gasteiger partial charge >= 0.3 is 0 Å². The van der Waals surface area contributed by atoms with E-state index in [9.17, 15) is 4.39 Å². The molecule has 0 saturated carbocycles. The van der Waals surface area contributed by atoms with Crippen LogP contribution in [0.25, 0.3) is 0 Å². The van der Waals surface area contributed by atoms with Crippen molar-refractivity contribution in [2.24, 2.45) is 0 Å². The summed E-state index contributed by atoms with van der Waals surface area (Å²) < 4.78 is 13.3. The van der Waals surface area contributed by atoms with Crippen LogP contribution in [0.3, 0.4) is 0 Å². The maximum Gasteiger partial charge on any atom is 0.127 e. The Balaban J connectivity index is 3.24. The molecule has 0 aromatic heterocycles. The van der Waals surface area contributed by atoms with E-state index in [-0.39, 0.29) is 11.7 Å². The number of benzene rings is 1. The molecule has 1 atom stereocenters. The minimum Gasteiger partial charge on any atom is -0.207 e. The van der Waals surface area contributed by atoms with Gasteiger partial charge in [0.15, 0.2) is 0 Å². The molecule has 0 aliphatic rings. The molecule has 0 heterocycles.